The minimum Gasteiger partial charge on any atom is -0.462 e. The molecule has 0 spiro atoms. The summed E-state index contributed by atoms with van der Waals surface area (Å²) in [5.41, 5.74) is 0. The van der Waals surface area contributed by atoms with E-state index < -0.39 is 6.10 Å². The second-order valence-electron chi connectivity index (χ2n) is 18.5. The van der Waals surface area contributed by atoms with Crippen molar-refractivity contribution in [3.8, 4) is 0 Å². The third-order valence-electron chi connectivity index (χ3n) is 12.2. The highest BCUT2D eigenvalue weighted by atomic mass is 16.6. The molecule has 0 aliphatic rings. The van der Waals surface area contributed by atoms with E-state index in [4.69, 9.17) is 14.2 Å². The van der Waals surface area contributed by atoms with Crippen LogP contribution in [0.2, 0.25) is 0 Å². The Morgan fingerprint density at radius 2 is 0.619 bits per heavy atom. The van der Waals surface area contributed by atoms with Gasteiger partial charge in [-0.05, 0) is 51.4 Å². The Kier molecular flexibility index (Phi) is 50.3. The minimum atomic E-state index is -0.779. The quantitative estimate of drug-likeness (QED) is 0.0262. The summed E-state index contributed by atoms with van der Waals surface area (Å²) in [4.78, 5) is 38.0. The second kappa shape index (κ2) is 52.3. The number of esters is 3. The molecule has 0 aromatic carbocycles. The number of ether oxygens (including phenoxy) is 3. The van der Waals surface area contributed by atoms with Gasteiger partial charge in [0.1, 0.15) is 13.2 Å². The fourth-order valence-corrected chi connectivity index (χ4v) is 8.05. The zero-order chi connectivity index (χ0) is 45.8. The van der Waals surface area contributed by atoms with Crippen LogP contribution in [0.3, 0.4) is 0 Å². The lowest BCUT2D eigenvalue weighted by atomic mass is 10.0. The van der Waals surface area contributed by atoms with Gasteiger partial charge >= 0.3 is 17.9 Å². The lowest BCUT2D eigenvalue weighted by molar-refractivity contribution is -0.167. The average Bonchev–Trinajstić information content (AvgIpc) is 3.28. The van der Waals surface area contributed by atoms with Gasteiger partial charge in [0.25, 0.3) is 0 Å². The van der Waals surface area contributed by atoms with Crippen molar-refractivity contribution in [2.24, 2.45) is 0 Å². The number of unbranched alkanes of at least 4 members (excludes halogenated alkanes) is 33. The van der Waals surface area contributed by atoms with E-state index in [0.29, 0.717) is 19.3 Å². The smallest absolute Gasteiger partial charge is 0.306 e. The molecule has 368 valence electrons. The summed E-state index contributed by atoms with van der Waals surface area (Å²) in [6, 6.07) is 0. The molecule has 0 aromatic heterocycles. The Morgan fingerprint density at radius 1 is 0.333 bits per heavy atom. The number of hydrogen-bond donors (Lipinski definition) is 0. The van der Waals surface area contributed by atoms with Crippen molar-refractivity contribution in [3.63, 3.8) is 0 Å². The Morgan fingerprint density at radius 3 is 0.968 bits per heavy atom. The highest BCUT2D eigenvalue weighted by Crippen LogP contribution is 2.17. The summed E-state index contributed by atoms with van der Waals surface area (Å²) in [5.74, 6) is -0.883. The number of rotatable bonds is 50. The van der Waals surface area contributed by atoms with E-state index in [1.54, 1.807) is 0 Å². The molecule has 0 aromatic rings. The number of carbonyl (C=O) groups is 3. The van der Waals surface area contributed by atoms with Crippen molar-refractivity contribution in [1.29, 1.82) is 0 Å². The zero-order valence-corrected chi connectivity index (χ0v) is 42.1. The Labute approximate surface area is 391 Å². The Hall–Kier alpha value is -2.37. The summed E-state index contributed by atoms with van der Waals surface area (Å²) in [7, 11) is 0. The van der Waals surface area contributed by atoms with Crippen molar-refractivity contribution in [2.75, 3.05) is 13.2 Å². The van der Waals surface area contributed by atoms with Gasteiger partial charge in [-0.15, -0.1) is 0 Å². The molecule has 0 N–H and O–H groups in total. The molecule has 0 aliphatic carbocycles. The van der Waals surface area contributed by atoms with E-state index >= 15 is 0 Å². The van der Waals surface area contributed by atoms with Gasteiger partial charge < -0.3 is 14.2 Å². The molecule has 0 rings (SSSR count). The predicted octanol–water partition coefficient (Wildman–Crippen LogP) is 18.1. The molecule has 1 unspecified atom stereocenters. The summed E-state index contributed by atoms with van der Waals surface area (Å²) in [6.45, 7) is 6.54. The molecule has 0 heterocycles. The monoisotopic (exact) mass is 885 g/mol. The summed E-state index contributed by atoms with van der Waals surface area (Å²) in [5, 5.41) is 0. The van der Waals surface area contributed by atoms with Gasteiger partial charge in [-0.1, -0.05) is 256 Å². The molecule has 0 saturated heterocycles. The van der Waals surface area contributed by atoms with Gasteiger partial charge in [0.2, 0.25) is 0 Å². The van der Waals surface area contributed by atoms with Crippen LogP contribution >= 0.6 is 0 Å². The Balaban J connectivity index is 4.33. The van der Waals surface area contributed by atoms with Crippen LogP contribution in [-0.4, -0.2) is 37.2 Å². The average molecular weight is 885 g/mol. The first-order valence-corrected chi connectivity index (χ1v) is 27.5. The van der Waals surface area contributed by atoms with E-state index in [2.05, 4.69) is 57.2 Å². The molecule has 63 heavy (non-hydrogen) atoms. The van der Waals surface area contributed by atoms with Crippen LogP contribution in [0.15, 0.2) is 36.5 Å². The minimum absolute atomic E-state index is 0.0768. The van der Waals surface area contributed by atoms with Crippen molar-refractivity contribution in [2.45, 2.75) is 297 Å². The van der Waals surface area contributed by atoms with Gasteiger partial charge in [0.15, 0.2) is 6.10 Å². The maximum absolute atomic E-state index is 12.8. The van der Waals surface area contributed by atoms with Gasteiger partial charge in [0, 0.05) is 19.3 Å². The topological polar surface area (TPSA) is 78.9 Å². The van der Waals surface area contributed by atoms with Crippen LogP contribution in [0.1, 0.15) is 290 Å². The largest absolute Gasteiger partial charge is 0.462 e. The van der Waals surface area contributed by atoms with E-state index in [0.717, 1.165) is 89.9 Å². The standard InChI is InChI=1S/C57H104O6/c1-4-7-10-13-16-19-22-25-27-28-29-30-33-35-38-41-44-47-50-56(59)62-53-54(52-61-55(58)49-46-43-40-37-34-31-24-21-18-15-12-9-6-3)63-57(60)51-48-45-42-39-36-32-26-23-20-17-14-11-8-5-2/h8,11,17,20,26,32,54H,4-7,9-10,12-16,18-19,21-25,27-31,33-53H2,1-3H3/b11-8-,20-17-,32-26-. The maximum atomic E-state index is 12.8. The first-order valence-electron chi connectivity index (χ1n) is 27.5. The van der Waals surface area contributed by atoms with Crippen molar-refractivity contribution in [1.82, 2.24) is 0 Å². The molecule has 1 atom stereocenters. The van der Waals surface area contributed by atoms with Crippen LogP contribution in [0, 0.1) is 0 Å². The lowest BCUT2D eigenvalue weighted by Crippen LogP contribution is -2.30. The fourth-order valence-electron chi connectivity index (χ4n) is 8.05. The Bertz CT molecular complexity index is 1060. The molecule has 0 amide bonds. The van der Waals surface area contributed by atoms with Gasteiger partial charge in [-0.2, -0.15) is 0 Å². The van der Waals surface area contributed by atoms with E-state index in [1.165, 1.54) is 161 Å². The summed E-state index contributed by atoms with van der Waals surface area (Å²) >= 11 is 0. The fraction of sp³-hybridized carbons (Fsp3) is 0.842. The molecular formula is C57H104O6. The number of allylic oxidation sites excluding steroid dienone is 6. The third-order valence-corrected chi connectivity index (χ3v) is 12.2. The van der Waals surface area contributed by atoms with Crippen LogP contribution in [0.25, 0.3) is 0 Å². The molecule has 0 aliphatic heterocycles. The zero-order valence-electron chi connectivity index (χ0n) is 42.1. The van der Waals surface area contributed by atoms with Crippen molar-refractivity contribution < 1.29 is 28.6 Å². The maximum Gasteiger partial charge on any atom is 0.306 e. The molecular weight excluding hydrogens is 781 g/mol. The highest BCUT2D eigenvalue weighted by molar-refractivity contribution is 5.71. The van der Waals surface area contributed by atoms with Crippen LogP contribution in [0.5, 0.6) is 0 Å². The van der Waals surface area contributed by atoms with E-state index in [1.807, 2.05) is 0 Å². The summed E-state index contributed by atoms with van der Waals surface area (Å²) < 4.78 is 16.8. The molecule has 6 nitrogen and oxygen atoms in total. The van der Waals surface area contributed by atoms with Gasteiger partial charge in [0.05, 0.1) is 0 Å². The first kappa shape index (κ1) is 60.6. The normalized spacial score (nSPS) is 12.2. The van der Waals surface area contributed by atoms with Crippen LogP contribution in [-0.2, 0) is 28.6 Å². The van der Waals surface area contributed by atoms with Crippen LogP contribution in [0.4, 0.5) is 0 Å². The third kappa shape index (κ3) is 50.5. The predicted molar refractivity (Wildman–Crippen MR) is 270 cm³/mol. The number of carbonyl (C=O) groups excluding carboxylic acids is 3. The molecule has 0 radical (unpaired) electrons. The van der Waals surface area contributed by atoms with Crippen LogP contribution < -0.4 is 0 Å². The van der Waals surface area contributed by atoms with E-state index in [-0.39, 0.29) is 31.1 Å². The van der Waals surface area contributed by atoms with Gasteiger partial charge in [-0.25, -0.2) is 0 Å². The molecule has 0 fully saturated rings. The van der Waals surface area contributed by atoms with Crippen molar-refractivity contribution in [3.05, 3.63) is 36.5 Å². The first-order chi connectivity index (χ1) is 31.0. The van der Waals surface area contributed by atoms with Crippen molar-refractivity contribution >= 4 is 17.9 Å². The second-order valence-corrected chi connectivity index (χ2v) is 18.5. The highest BCUT2D eigenvalue weighted by Gasteiger charge is 2.19. The lowest BCUT2D eigenvalue weighted by Gasteiger charge is -2.18. The van der Waals surface area contributed by atoms with E-state index in [9.17, 15) is 14.4 Å². The van der Waals surface area contributed by atoms with Gasteiger partial charge in [-0.3, -0.25) is 14.4 Å². The number of hydrogen-bond acceptors (Lipinski definition) is 6. The summed E-state index contributed by atoms with van der Waals surface area (Å²) in [6.07, 6.45) is 61.3. The SMILES string of the molecule is CC/C=C\C/C=C\C/C=C\CCCCCCC(=O)OC(COC(=O)CCCCCCCCCCCCCCC)COC(=O)CCCCCCCCCCCCCCCCCCCC. The molecule has 6 heteroatoms. The molecule has 0 saturated carbocycles. The molecule has 0 bridgehead atoms.